The van der Waals surface area contributed by atoms with Crippen molar-refractivity contribution in [2.45, 2.75) is 18.9 Å². The fourth-order valence-electron chi connectivity index (χ4n) is 4.34. The first-order chi connectivity index (χ1) is 16.2. The number of benzene rings is 1. The van der Waals surface area contributed by atoms with Crippen LogP contribution in [0.3, 0.4) is 0 Å². The van der Waals surface area contributed by atoms with Gasteiger partial charge in [0.1, 0.15) is 17.1 Å². The largest absolute Gasteiger partial charge is 0.464 e. The van der Waals surface area contributed by atoms with E-state index in [-0.39, 0.29) is 17.9 Å². The van der Waals surface area contributed by atoms with E-state index in [1.54, 1.807) is 29.1 Å². The molecule has 1 saturated heterocycles. The maximum Gasteiger partial charge on any atom is 0.354 e. The Balaban J connectivity index is 1.38. The SMILES string of the molecule is COC(=O)c1cccn1C1CCN(C(=O)c2cc(-c3ccco3)nn2-c2ccccc2)CC1. The van der Waals surface area contributed by atoms with Crippen LogP contribution in [0, 0.1) is 0 Å². The van der Waals surface area contributed by atoms with Crippen LogP contribution in [-0.4, -0.2) is 51.3 Å². The molecular formula is C25H24N4O4. The molecule has 0 saturated carbocycles. The topological polar surface area (TPSA) is 82.5 Å². The number of amides is 1. The van der Waals surface area contributed by atoms with E-state index < -0.39 is 0 Å². The Morgan fingerprint density at radius 1 is 1.00 bits per heavy atom. The number of ether oxygens (including phenoxy) is 1. The van der Waals surface area contributed by atoms with Crippen molar-refractivity contribution >= 4 is 11.9 Å². The molecule has 0 atom stereocenters. The number of esters is 1. The van der Waals surface area contributed by atoms with Gasteiger partial charge in [0.2, 0.25) is 0 Å². The molecule has 0 spiro atoms. The van der Waals surface area contributed by atoms with Crippen LogP contribution in [0.15, 0.2) is 77.5 Å². The van der Waals surface area contributed by atoms with Gasteiger partial charge in [-0.1, -0.05) is 18.2 Å². The van der Waals surface area contributed by atoms with Gasteiger partial charge in [0.05, 0.1) is 19.1 Å². The summed E-state index contributed by atoms with van der Waals surface area (Å²) in [6.07, 6.45) is 4.98. The monoisotopic (exact) mass is 444 g/mol. The van der Waals surface area contributed by atoms with E-state index in [0.717, 1.165) is 18.5 Å². The Labute approximate surface area is 191 Å². The van der Waals surface area contributed by atoms with Crippen LogP contribution in [0.1, 0.15) is 39.9 Å². The molecule has 0 bridgehead atoms. The minimum Gasteiger partial charge on any atom is -0.464 e. The standard InChI is InChI=1S/C25H24N4O4/c1-32-25(31)21-9-5-13-28(21)18-11-14-27(15-12-18)24(30)22-17-20(23-10-6-16-33-23)26-29(22)19-7-3-2-4-8-19/h2-10,13,16-18H,11-12,14-15H2,1H3. The van der Waals surface area contributed by atoms with Crippen LogP contribution in [0.4, 0.5) is 0 Å². The molecule has 0 aliphatic carbocycles. The normalized spacial score (nSPS) is 14.4. The van der Waals surface area contributed by atoms with Crippen molar-refractivity contribution in [3.05, 3.63) is 84.5 Å². The van der Waals surface area contributed by atoms with Crippen molar-refractivity contribution in [1.29, 1.82) is 0 Å². The minimum absolute atomic E-state index is 0.0803. The molecule has 8 nitrogen and oxygen atoms in total. The van der Waals surface area contributed by atoms with E-state index >= 15 is 0 Å². The summed E-state index contributed by atoms with van der Waals surface area (Å²) in [5.41, 5.74) is 2.44. The molecule has 1 aromatic carbocycles. The Bertz CT molecular complexity index is 1250. The molecule has 8 heteroatoms. The lowest BCUT2D eigenvalue weighted by Gasteiger charge is -2.33. The third-order valence-electron chi connectivity index (χ3n) is 6.02. The van der Waals surface area contributed by atoms with Crippen molar-refractivity contribution in [1.82, 2.24) is 19.2 Å². The smallest absolute Gasteiger partial charge is 0.354 e. The lowest BCUT2D eigenvalue weighted by Crippen LogP contribution is -2.40. The Kier molecular flexibility index (Phi) is 5.56. The summed E-state index contributed by atoms with van der Waals surface area (Å²) in [6, 6.07) is 18.7. The molecule has 4 heterocycles. The number of hydrogen-bond acceptors (Lipinski definition) is 5. The van der Waals surface area contributed by atoms with Crippen LogP contribution in [0.2, 0.25) is 0 Å². The van der Waals surface area contributed by atoms with Crippen molar-refractivity contribution in [3.8, 4) is 17.1 Å². The van der Waals surface area contributed by atoms with Crippen LogP contribution < -0.4 is 0 Å². The highest BCUT2D eigenvalue weighted by Crippen LogP contribution is 2.28. The second-order valence-corrected chi connectivity index (χ2v) is 7.96. The zero-order chi connectivity index (χ0) is 22.8. The van der Waals surface area contributed by atoms with Crippen LogP contribution in [-0.2, 0) is 4.74 Å². The van der Waals surface area contributed by atoms with E-state index in [4.69, 9.17) is 9.15 Å². The van der Waals surface area contributed by atoms with Gasteiger partial charge in [-0.15, -0.1) is 0 Å². The number of nitrogens with zero attached hydrogens (tertiary/aromatic N) is 4. The number of methoxy groups -OCH3 is 1. The molecule has 168 valence electrons. The highest BCUT2D eigenvalue weighted by Gasteiger charge is 2.29. The third kappa shape index (κ3) is 3.95. The molecule has 33 heavy (non-hydrogen) atoms. The number of furan rings is 1. The third-order valence-corrected chi connectivity index (χ3v) is 6.02. The Morgan fingerprint density at radius 3 is 2.48 bits per heavy atom. The van der Waals surface area contributed by atoms with E-state index in [0.29, 0.717) is 35.9 Å². The highest BCUT2D eigenvalue weighted by atomic mass is 16.5. The molecule has 0 unspecified atom stereocenters. The van der Waals surface area contributed by atoms with Gasteiger partial charge < -0.3 is 18.6 Å². The van der Waals surface area contributed by atoms with Crippen molar-refractivity contribution < 1.29 is 18.7 Å². The molecule has 1 aliphatic heterocycles. The van der Waals surface area contributed by atoms with Crippen molar-refractivity contribution in [2.75, 3.05) is 20.2 Å². The van der Waals surface area contributed by atoms with Gasteiger partial charge in [-0.2, -0.15) is 5.10 Å². The van der Waals surface area contributed by atoms with Gasteiger partial charge in [-0.05, 0) is 49.2 Å². The molecule has 1 amide bonds. The quantitative estimate of drug-likeness (QED) is 0.431. The summed E-state index contributed by atoms with van der Waals surface area (Å²) in [4.78, 5) is 27.4. The number of likely N-dealkylation sites (tertiary alicyclic amines) is 1. The summed E-state index contributed by atoms with van der Waals surface area (Å²) >= 11 is 0. The average Bonchev–Trinajstić information content (AvgIpc) is 3.64. The van der Waals surface area contributed by atoms with Gasteiger partial charge in [0, 0.05) is 31.4 Å². The summed E-state index contributed by atoms with van der Waals surface area (Å²) in [6.45, 7) is 1.16. The number of carbonyl (C=O) groups is 2. The predicted molar refractivity (Wildman–Crippen MR) is 121 cm³/mol. The Hall–Kier alpha value is -4.07. The molecule has 0 N–H and O–H groups in total. The fraction of sp³-hybridized carbons (Fsp3) is 0.240. The van der Waals surface area contributed by atoms with E-state index in [1.807, 2.05) is 58.1 Å². The van der Waals surface area contributed by atoms with Gasteiger partial charge in [0.25, 0.3) is 5.91 Å². The number of para-hydroxylation sites is 1. The molecule has 4 aromatic rings. The Morgan fingerprint density at radius 2 is 1.79 bits per heavy atom. The molecule has 1 fully saturated rings. The number of hydrogen-bond donors (Lipinski definition) is 0. The van der Waals surface area contributed by atoms with Crippen molar-refractivity contribution in [3.63, 3.8) is 0 Å². The lowest BCUT2D eigenvalue weighted by atomic mass is 10.0. The minimum atomic E-state index is -0.351. The fourth-order valence-corrected chi connectivity index (χ4v) is 4.34. The summed E-state index contributed by atoms with van der Waals surface area (Å²) < 4.78 is 14.0. The zero-order valence-electron chi connectivity index (χ0n) is 18.3. The number of carbonyl (C=O) groups excluding carboxylic acids is 2. The molecule has 1 aliphatic rings. The zero-order valence-corrected chi connectivity index (χ0v) is 18.3. The van der Waals surface area contributed by atoms with Crippen LogP contribution in [0.25, 0.3) is 17.1 Å². The summed E-state index contributed by atoms with van der Waals surface area (Å²) in [7, 11) is 1.38. The number of aromatic nitrogens is 3. The average molecular weight is 444 g/mol. The molecular weight excluding hydrogens is 420 g/mol. The molecule has 0 radical (unpaired) electrons. The first kappa shape index (κ1) is 20.8. The maximum atomic E-state index is 13.5. The highest BCUT2D eigenvalue weighted by molar-refractivity contribution is 5.94. The molecule has 3 aromatic heterocycles. The van der Waals surface area contributed by atoms with Gasteiger partial charge in [-0.3, -0.25) is 4.79 Å². The predicted octanol–water partition coefficient (Wildman–Crippen LogP) is 4.20. The number of piperidine rings is 1. The van der Waals surface area contributed by atoms with E-state index in [2.05, 4.69) is 5.10 Å². The molecule has 5 rings (SSSR count). The summed E-state index contributed by atoms with van der Waals surface area (Å²) in [5, 5.41) is 4.65. The van der Waals surface area contributed by atoms with Gasteiger partial charge >= 0.3 is 5.97 Å². The van der Waals surface area contributed by atoms with Gasteiger partial charge in [0.15, 0.2) is 5.76 Å². The second kappa shape index (κ2) is 8.82. The number of rotatable bonds is 5. The van der Waals surface area contributed by atoms with Crippen LogP contribution in [0.5, 0.6) is 0 Å². The van der Waals surface area contributed by atoms with E-state index in [9.17, 15) is 9.59 Å². The van der Waals surface area contributed by atoms with E-state index in [1.165, 1.54) is 7.11 Å². The van der Waals surface area contributed by atoms with Crippen LogP contribution >= 0.6 is 0 Å². The first-order valence-electron chi connectivity index (χ1n) is 10.9. The lowest BCUT2D eigenvalue weighted by molar-refractivity contribution is 0.0572. The van der Waals surface area contributed by atoms with Crippen molar-refractivity contribution in [2.24, 2.45) is 0 Å². The first-order valence-corrected chi connectivity index (χ1v) is 10.9. The maximum absolute atomic E-state index is 13.5. The summed E-state index contributed by atoms with van der Waals surface area (Å²) in [5.74, 6) is 0.180. The second-order valence-electron chi connectivity index (χ2n) is 7.96. The van der Waals surface area contributed by atoms with Gasteiger partial charge in [-0.25, -0.2) is 9.48 Å².